The molecule has 0 radical (unpaired) electrons. The van der Waals surface area contributed by atoms with E-state index in [1.807, 2.05) is 43.3 Å². The summed E-state index contributed by atoms with van der Waals surface area (Å²) in [6.45, 7) is 4.09. The van der Waals surface area contributed by atoms with Crippen LogP contribution in [0, 0.1) is 6.92 Å². The molecule has 3 aromatic rings. The van der Waals surface area contributed by atoms with Crippen LogP contribution in [0.25, 0.3) is 17.1 Å². The second kappa shape index (κ2) is 5.36. The van der Waals surface area contributed by atoms with Crippen molar-refractivity contribution in [1.82, 2.24) is 20.2 Å². The number of anilines is 1. The fourth-order valence-electron chi connectivity index (χ4n) is 2.41. The highest BCUT2D eigenvalue weighted by Crippen LogP contribution is 2.28. The summed E-state index contributed by atoms with van der Waals surface area (Å²) >= 11 is 0. The molecule has 2 aromatic carbocycles. The van der Waals surface area contributed by atoms with Crippen molar-refractivity contribution < 1.29 is 0 Å². The number of hydrogen-bond acceptors (Lipinski definition) is 4. The summed E-state index contributed by atoms with van der Waals surface area (Å²) in [4.78, 5) is 0. The first-order chi connectivity index (χ1) is 10.2. The molecular formula is C16H17N5. The molecule has 0 bridgehead atoms. The van der Waals surface area contributed by atoms with Crippen molar-refractivity contribution in [3.8, 4) is 17.1 Å². The number of para-hydroxylation sites is 2. The number of nitrogens with two attached hydrogens (primary N) is 1. The maximum absolute atomic E-state index is 6.18. The quantitative estimate of drug-likeness (QED) is 0.748. The van der Waals surface area contributed by atoms with Gasteiger partial charge >= 0.3 is 0 Å². The van der Waals surface area contributed by atoms with E-state index in [0.29, 0.717) is 11.5 Å². The van der Waals surface area contributed by atoms with Crippen molar-refractivity contribution in [1.29, 1.82) is 0 Å². The Kier molecular flexibility index (Phi) is 3.39. The van der Waals surface area contributed by atoms with E-state index in [0.717, 1.165) is 23.2 Å². The lowest BCUT2D eigenvalue weighted by atomic mass is 10.1. The Bertz CT molecular complexity index is 776. The SMILES string of the molecule is CCc1ccccc1-n1nnnc1-c1cccc(C)c1N. The Balaban J connectivity index is 2.20. The fourth-order valence-corrected chi connectivity index (χ4v) is 2.41. The predicted octanol–water partition coefficient (Wildman–Crippen LogP) is 2.78. The van der Waals surface area contributed by atoms with Gasteiger partial charge in [-0.3, -0.25) is 0 Å². The van der Waals surface area contributed by atoms with Gasteiger partial charge in [0.25, 0.3) is 0 Å². The minimum Gasteiger partial charge on any atom is -0.398 e. The second-order valence-electron chi connectivity index (χ2n) is 4.93. The van der Waals surface area contributed by atoms with Crippen molar-refractivity contribution in [3.05, 3.63) is 53.6 Å². The first-order valence-corrected chi connectivity index (χ1v) is 6.94. The number of nitrogens with zero attached hydrogens (tertiary/aromatic N) is 4. The molecule has 0 amide bonds. The molecule has 0 aliphatic carbocycles. The summed E-state index contributed by atoms with van der Waals surface area (Å²) < 4.78 is 1.75. The number of aromatic nitrogens is 4. The van der Waals surface area contributed by atoms with Gasteiger partial charge in [-0.15, -0.1) is 5.10 Å². The van der Waals surface area contributed by atoms with Gasteiger partial charge in [-0.25, -0.2) is 0 Å². The number of aryl methyl sites for hydroxylation is 2. The molecule has 106 valence electrons. The molecule has 0 unspecified atom stereocenters. The molecule has 2 N–H and O–H groups in total. The molecule has 5 nitrogen and oxygen atoms in total. The van der Waals surface area contributed by atoms with Gasteiger partial charge in [-0.2, -0.15) is 4.68 Å². The molecule has 0 fully saturated rings. The molecule has 0 spiro atoms. The standard InChI is InChI=1S/C16H17N5/c1-3-12-8-4-5-10-14(12)21-16(18-19-20-21)13-9-6-7-11(2)15(13)17/h4-10H,3,17H2,1-2H3. The highest BCUT2D eigenvalue weighted by molar-refractivity contribution is 5.75. The largest absolute Gasteiger partial charge is 0.398 e. The van der Waals surface area contributed by atoms with Crippen molar-refractivity contribution in [2.24, 2.45) is 0 Å². The van der Waals surface area contributed by atoms with Gasteiger partial charge in [0.2, 0.25) is 0 Å². The number of rotatable bonds is 3. The maximum Gasteiger partial charge on any atom is 0.189 e. The predicted molar refractivity (Wildman–Crippen MR) is 83.1 cm³/mol. The van der Waals surface area contributed by atoms with E-state index in [4.69, 9.17) is 5.73 Å². The molecule has 0 aliphatic heterocycles. The van der Waals surface area contributed by atoms with E-state index in [9.17, 15) is 0 Å². The molecular weight excluding hydrogens is 262 g/mol. The summed E-state index contributed by atoms with van der Waals surface area (Å²) in [5.41, 5.74) is 10.9. The Labute approximate surface area is 123 Å². The second-order valence-corrected chi connectivity index (χ2v) is 4.93. The highest BCUT2D eigenvalue weighted by Gasteiger charge is 2.15. The highest BCUT2D eigenvalue weighted by atomic mass is 15.5. The van der Waals surface area contributed by atoms with Crippen LogP contribution in [0.3, 0.4) is 0 Å². The number of nitrogen functional groups attached to an aromatic ring is 1. The monoisotopic (exact) mass is 279 g/mol. The van der Waals surface area contributed by atoms with Crippen LogP contribution in [0.1, 0.15) is 18.1 Å². The van der Waals surface area contributed by atoms with E-state index in [1.54, 1.807) is 4.68 Å². The molecule has 5 heteroatoms. The van der Waals surface area contributed by atoms with Crippen LogP contribution >= 0.6 is 0 Å². The van der Waals surface area contributed by atoms with Gasteiger partial charge in [0.1, 0.15) is 0 Å². The average Bonchev–Trinajstić information content (AvgIpc) is 2.99. The van der Waals surface area contributed by atoms with Gasteiger partial charge in [0, 0.05) is 11.3 Å². The van der Waals surface area contributed by atoms with Crippen LogP contribution in [-0.4, -0.2) is 20.2 Å². The summed E-state index contributed by atoms with van der Waals surface area (Å²) in [7, 11) is 0. The zero-order valence-corrected chi connectivity index (χ0v) is 12.1. The Hall–Kier alpha value is -2.69. The van der Waals surface area contributed by atoms with Gasteiger partial charge in [-0.05, 0) is 47.0 Å². The van der Waals surface area contributed by atoms with E-state index < -0.39 is 0 Å². The van der Waals surface area contributed by atoms with E-state index in [2.05, 4.69) is 28.5 Å². The van der Waals surface area contributed by atoms with Gasteiger partial charge < -0.3 is 5.73 Å². The number of hydrogen-bond donors (Lipinski definition) is 1. The third kappa shape index (κ3) is 2.27. The first-order valence-electron chi connectivity index (χ1n) is 6.94. The maximum atomic E-state index is 6.18. The number of tetrazole rings is 1. The lowest BCUT2D eigenvalue weighted by Crippen LogP contribution is -2.05. The summed E-state index contributed by atoms with van der Waals surface area (Å²) in [6, 6.07) is 14.0. The average molecular weight is 279 g/mol. The van der Waals surface area contributed by atoms with Crippen LogP contribution in [0.4, 0.5) is 5.69 Å². The van der Waals surface area contributed by atoms with Crippen molar-refractivity contribution in [2.45, 2.75) is 20.3 Å². The van der Waals surface area contributed by atoms with E-state index in [1.165, 1.54) is 5.56 Å². The Morgan fingerprint density at radius 1 is 1.10 bits per heavy atom. The van der Waals surface area contributed by atoms with E-state index >= 15 is 0 Å². The minimum absolute atomic E-state index is 0.664. The molecule has 1 heterocycles. The van der Waals surface area contributed by atoms with Crippen molar-refractivity contribution >= 4 is 5.69 Å². The topological polar surface area (TPSA) is 69.6 Å². The molecule has 0 saturated carbocycles. The third-order valence-corrected chi connectivity index (χ3v) is 3.64. The molecule has 3 rings (SSSR count). The van der Waals surface area contributed by atoms with Crippen molar-refractivity contribution in [2.75, 3.05) is 5.73 Å². The van der Waals surface area contributed by atoms with Crippen LogP contribution in [0.5, 0.6) is 0 Å². The minimum atomic E-state index is 0.664. The molecule has 21 heavy (non-hydrogen) atoms. The third-order valence-electron chi connectivity index (χ3n) is 3.64. The van der Waals surface area contributed by atoms with Gasteiger partial charge in [0.15, 0.2) is 5.82 Å². The van der Waals surface area contributed by atoms with Crippen LogP contribution in [0.2, 0.25) is 0 Å². The van der Waals surface area contributed by atoms with Crippen LogP contribution in [0.15, 0.2) is 42.5 Å². The van der Waals surface area contributed by atoms with E-state index in [-0.39, 0.29) is 0 Å². The summed E-state index contributed by atoms with van der Waals surface area (Å²) in [5.74, 6) is 0.664. The zero-order chi connectivity index (χ0) is 14.8. The fraction of sp³-hybridized carbons (Fsp3) is 0.188. The molecule has 0 saturated heterocycles. The molecule has 1 aromatic heterocycles. The molecule has 0 atom stereocenters. The smallest absolute Gasteiger partial charge is 0.189 e. The van der Waals surface area contributed by atoms with Crippen LogP contribution < -0.4 is 5.73 Å². The van der Waals surface area contributed by atoms with Crippen molar-refractivity contribution in [3.63, 3.8) is 0 Å². The lowest BCUT2D eigenvalue weighted by molar-refractivity contribution is 0.783. The van der Waals surface area contributed by atoms with Gasteiger partial charge in [0.05, 0.1) is 5.69 Å². The number of benzene rings is 2. The summed E-state index contributed by atoms with van der Waals surface area (Å²) in [5, 5.41) is 12.1. The zero-order valence-electron chi connectivity index (χ0n) is 12.1. The van der Waals surface area contributed by atoms with Gasteiger partial charge in [-0.1, -0.05) is 37.3 Å². The molecule has 0 aliphatic rings. The summed E-state index contributed by atoms with van der Waals surface area (Å²) in [6.07, 6.45) is 0.915. The Morgan fingerprint density at radius 2 is 1.90 bits per heavy atom. The lowest BCUT2D eigenvalue weighted by Gasteiger charge is -2.11. The van der Waals surface area contributed by atoms with Crippen LogP contribution in [-0.2, 0) is 6.42 Å². The normalized spacial score (nSPS) is 10.8. The Morgan fingerprint density at radius 3 is 2.71 bits per heavy atom. The first kappa shape index (κ1) is 13.3.